The Morgan fingerprint density at radius 3 is 2.67 bits per heavy atom. The third-order valence-corrected chi connectivity index (χ3v) is 3.01. The molecule has 5 nitrogen and oxygen atoms in total. The molecule has 0 spiro atoms. The highest BCUT2D eigenvalue weighted by atomic mass is 16.1. The Balaban J connectivity index is 1.78. The summed E-state index contributed by atoms with van der Waals surface area (Å²) in [4.78, 5) is 12.2. The molecule has 1 aromatic heterocycles. The van der Waals surface area contributed by atoms with Crippen molar-refractivity contribution in [1.29, 1.82) is 0 Å². The number of benzene rings is 2. The van der Waals surface area contributed by atoms with Crippen LogP contribution in [0.15, 0.2) is 67.0 Å². The Morgan fingerprint density at radius 1 is 1.10 bits per heavy atom. The normalized spacial score (nSPS) is 10.3. The number of nitrogens with one attached hydrogen (secondary N) is 1. The van der Waals surface area contributed by atoms with Crippen LogP contribution in [0.5, 0.6) is 0 Å². The second kappa shape index (κ2) is 5.50. The van der Waals surface area contributed by atoms with Crippen LogP contribution in [0.1, 0.15) is 10.4 Å². The fourth-order valence-corrected chi connectivity index (χ4v) is 1.98. The maximum Gasteiger partial charge on any atom is 0.258 e. The number of nitrogen functional groups attached to an aromatic ring is 1. The maximum atomic E-state index is 12.2. The van der Waals surface area contributed by atoms with E-state index in [1.165, 1.54) is 6.20 Å². The third kappa shape index (κ3) is 2.92. The second-order valence-corrected chi connectivity index (χ2v) is 4.59. The quantitative estimate of drug-likeness (QED) is 0.723. The van der Waals surface area contributed by atoms with Gasteiger partial charge in [0.25, 0.3) is 5.91 Å². The SMILES string of the molecule is Nc1cccc(NC(=O)c2cnn(-c3ccccc3)c2)c1. The molecule has 0 fully saturated rings. The lowest BCUT2D eigenvalue weighted by Crippen LogP contribution is -2.11. The van der Waals surface area contributed by atoms with Crippen molar-refractivity contribution in [2.24, 2.45) is 0 Å². The average Bonchev–Trinajstić information content (AvgIpc) is 2.98. The van der Waals surface area contributed by atoms with Gasteiger partial charge in [0.15, 0.2) is 0 Å². The molecule has 3 aromatic rings. The number of amides is 1. The van der Waals surface area contributed by atoms with Crippen LogP contribution in [-0.2, 0) is 0 Å². The summed E-state index contributed by atoms with van der Waals surface area (Å²) < 4.78 is 1.66. The van der Waals surface area contributed by atoms with Crippen molar-refractivity contribution in [1.82, 2.24) is 9.78 Å². The van der Waals surface area contributed by atoms with Gasteiger partial charge in [-0.2, -0.15) is 5.10 Å². The van der Waals surface area contributed by atoms with Crippen molar-refractivity contribution in [2.75, 3.05) is 11.1 Å². The summed E-state index contributed by atoms with van der Waals surface area (Å²) >= 11 is 0. The first-order chi connectivity index (χ1) is 10.2. The summed E-state index contributed by atoms with van der Waals surface area (Å²) in [6.07, 6.45) is 3.23. The Hall–Kier alpha value is -3.08. The lowest BCUT2D eigenvalue weighted by molar-refractivity contribution is 0.102. The Labute approximate surface area is 122 Å². The number of rotatable bonds is 3. The first-order valence-electron chi connectivity index (χ1n) is 6.49. The molecule has 1 heterocycles. The van der Waals surface area contributed by atoms with E-state index in [4.69, 9.17) is 5.73 Å². The maximum absolute atomic E-state index is 12.2. The molecule has 21 heavy (non-hydrogen) atoms. The third-order valence-electron chi connectivity index (χ3n) is 3.01. The van der Waals surface area contributed by atoms with Gasteiger partial charge in [0, 0.05) is 17.6 Å². The second-order valence-electron chi connectivity index (χ2n) is 4.59. The van der Waals surface area contributed by atoms with E-state index in [2.05, 4.69) is 10.4 Å². The molecule has 0 bridgehead atoms. The number of hydrogen-bond acceptors (Lipinski definition) is 3. The molecule has 3 rings (SSSR count). The lowest BCUT2D eigenvalue weighted by atomic mass is 10.2. The minimum atomic E-state index is -0.220. The zero-order valence-corrected chi connectivity index (χ0v) is 11.2. The minimum absolute atomic E-state index is 0.220. The molecule has 1 amide bonds. The van der Waals surface area contributed by atoms with Gasteiger partial charge in [-0.25, -0.2) is 4.68 Å². The molecule has 0 unspecified atom stereocenters. The van der Waals surface area contributed by atoms with E-state index in [1.807, 2.05) is 30.3 Å². The summed E-state index contributed by atoms with van der Waals surface area (Å²) in [5.74, 6) is -0.220. The predicted molar refractivity (Wildman–Crippen MR) is 82.4 cm³/mol. The van der Waals surface area contributed by atoms with E-state index >= 15 is 0 Å². The molecule has 0 radical (unpaired) electrons. The van der Waals surface area contributed by atoms with Crippen molar-refractivity contribution in [3.8, 4) is 5.69 Å². The van der Waals surface area contributed by atoms with Gasteiger partial charge in [-0.1, -0.05) is 24.3 Å². The zero-order chi connectivity index (χ0) is 14.7. The van der Waals surface area contributed by atoms with E-state index in [0.717, 1.165) is 5.69 Å². The summed E-state index contributed by atoms with van der Waals surface area (Å²) in [7, 11) is 0. The van der Waals surface area contributed by atoms with E-state index in [9.17, 15) is 4.79 Å². The largest absolute Gasteiger partial charge is 0.399 e. The molecule has 5 heteroatoms. The molecule has 0 aliphatic rings. The number of carbonyl (C=O) groups excluding carboxylic acids is 1. The fourth-order valence-electron chi connectivity index (χ4n) is 1.98. The number of anilines is 2. The van der Waals surface area contributed by atoms with Crippen molar-refractivity contribution in [3.63, 3.8) is 0 Å². The Kier molecular flexibility index (Phi) is 3.39. The van der Waals surface area contributed by atoms with Crippen molar-refractivity contribution < 1.29 is 4.79 Å². The van der Waals surface area contributed by atoms with Crippen LogP contribution in [0.4, 0.5) is 11.4 Å². The first kappa shape index (κ1) is 12.9. The Bertz CT molecular complexity index is 765. The van der Waals surface area contributed by atoms with Gasteiger partial charge >= 0.3 is 0 Å². The van der Waals surface area contributed by atoms with Gasteiger partial charge in [0.2, 0.25) is 0 Å². The number of nitrogens with two attached hydrogens (primary N) is 1. The standard InChI is InChI=1S/C16H14N4O/c17-13-5-4-6-14(9-13)19-16(21)12-10-18-20(11-12)15-7-2-1-3-8-15/h1-11H,17H2,(H,19,21). The molecule has 0 saturated carbocycles. The van der Waals surface area contributed by atoms with Crippen LogP contribution in [0.3, 0.4) is 0 Å². The number of para-hydroxylation sites is 1. The van der Waals surface area contributed by atoms with Gasteiger partial charge in [-0.05, 0) is 30.3 Å². The number of carbonyl (C=O) groups is 1. The monoisotopic (exact) mass is 278 g/mol. The Morgan fingerprint density at radius 2 is 1.90 bits per heavy atom. The van der Waals surface area contributed by atoms with E-state index in [1.54, 1.807) is 35.1 Å². The van der Waals surface area contributed by atoms with E-state index < -0.39 is 0 Å². The van der Waals surface area contributed by atoms with E-state index in [0.29, 0.717) is 16.9 Å². The van der Waals surface area contributed by atoms with Crippen LogP contribution < -0.4 is 11.1 Å². The smallest absolute Gasteiger partial charge is 0.258 e. The van der Waals surface area contributed by atoms with Crippen LogP contribution in [-0.4, -0.2) is 15.7 Å². The van der Waals surface area contributed by atoms with Gasteiger partial charge in [-0.15, -0.1) is 0 Å². The van der Waals surface area contributed by atoms with E-state index in [-0.39, 0.29) is 5.91 Å². The highest BCUT2D eigenvalue weighted by Gasteiger charge is 2.09. The van der Waals surface area contributed by atoms with Crippen molar-refractivity contribution in [2.45, 2.75) is 0 Å². The summed E-state index contributed by atoms with van der Waals surface area (Å²) in [5, 5.41) is 6.99. The minimum Gasteiger partial charge on any atom is -0.399 e. The van der Waals surface area contributed by atoms with Crippen LogP contribution >= 0.6 is 0 Å². The van der Waals surface area contributed by atoms with Gasteiger partial charge in [0.1, 0.15) is 0 Å². The molecule has 0 aliphatic carbocycles. The number of aromatic nitrogens is 2. The molecule has 0 atom stereocenters. The molecule has 0 aliphatic heterocycles. The zero-order valence-electron chi connectivity index (χ0n) is 11.2. The molecule has 2 aromatic carbocycles. The first-order valence-corrected chi connectivity index (χ1v) is 6.49. The topological polar surface area (TPSA) is 72.9 Å². The molecule has 3 N–H and O–H groups in total. The summed E-state index contributed by atoms with van der Waals surface area (Å²) in [6, 6.07) is 16.7. The molecular weight excluding hydrogens is 264 g/mol. The van der Waals surface area contributed by atoms with Crippen molar-refractivity contribution >= 4 is 17.3 Å². The molecule has 104 valence electrons. The lowest BCUT2D eigenvalue weighted by Gasteiger charge is -2.04. The van der Waals surface area contributed by atoms with Crippen LogP contribution in [0, 0.1) is 0 Å². The number of hydrogen-bond donors (Lipinski definition) is 2. The highest BCUT2D eigenvalue weighted by molar-refractivity contribution is 6.04. The van der Waals surface area contributed by atoms with Gasteiger partial charge in [0.05, 0.1) is 17.4 Å². The average molecular weight is 278 g/mol. The summed E-state index contributed by atoms with van der Waals surface area (Å²) in [5.41, 5.74) is 8.34. The number of nitrogens with zero attached hydrogens (tertiary/aromatic N) is 2. The molecule has 0 saturated heterocycles. The van der Waals surface area contributed by atoms with Crippen molar-refractivity contribution in [3.05, 3.63) is 72.6 Å². The van der Waals surface area contributed by atoms with Gasteiger partial charge < -0.3 is 11.1 Å². The summed E-state index contributed by atoms with van der Waals surface area (Å²) in [6.45, 7) is 0. The fraction of sp³-hybridized carbons (Fsp3) is 0. The predicted octanol–water partition coefficient (Wildman–Crippen LogP) is 2.71. The molecular formula is C16H14N4O. The van der Waals surface area contributed by atoms with Crippen LogP contribution in [0.2, 0.25) is 0 Å². The van der Waals surface area contributed by atoms with Gasteiger partial charge in [-0.3, -0.25) is 4.79 Å². The van der Waals surface area contributed by atoms with Crippen LogP contribution in [0.25, 0.3) is 5.69 Å². The highest BCUT2D eigenvalue weighted by Crippen LogP contribution is 2.14.